The van der Waals surface area contributed by atoms with Crippen molar-refractivity contribution in [2.45, 2.75) is 45.4 Å². The molecule has 4 nitrogen and oxygen atoms in total. The molecule has 0 saturated carbocycles. The zero-order valence-electron chi connectivity index (χ0n) is 26.5. The number of benzene rings is 4. The highest BCUT2D eigenvalue weighted by molar-refractivity contribution is 7.78. The lowest BCUT2D eigenvalue weighted by Crippen LogP contribution is -2.07. The Labute approximate surface area is 282 Å². The second kappa shape index (κ2) is 18.1. The van der Waals surface area contributed by atoms with Crippen molar-refractivity contribution in [3.05, 3.63) is 108 Å². The fraction of sp³-hybridized carbons (Fsp3) is 0.289. The van der Waals surface area contributed by atoms with Gasteiger partial charge in [-0.15, -0.1) is 6.58 Å². The van der Waals surface area contributed by atoms with Crippen LogP contribution in [0.2, 0.25) is 0 Å². The van der Waals surface area contributed by atoms with Gasteiger partial charge in [-0.3, -0.25) is 0 Å². The fourth-order valence-electron chi connectivity index (χ4n) is 5.36. The number of ether oxygens (including phenoxy) is 3. The number of hydrogen-bond acceptors (Lipinski definition) is 5. The predicted molar refractivity (Wildman–Crippen MR) is 182 cm³/mol. The van der Waals surface area contributed by atoms with Gasteiger partial charge in [0, 0.05) is 17.2 Å². The Kier molecular flexibility index (Phi) is 13.7. The molecule has 48 heavy (non-hydrogen) atoms. The monoisotopic (exact) mass is 681 g/mol. The minimum absolute atomic E-state index is 0.0256. The molecule has 0 radical (unpaired) electrons. The average molecular weight is 682 g/mol. The van der Waals surface area contributed by atoms with E-state index in [0.717, 1.165) is 50.7 Å². The smallest absolute Gasteiger partial charge is 0.201 e. The summed E-state index contributed by atoms with van der Waals surface area (Å²) in [7, 11) is 0. The van der Waals surface area contributed by atoms with E-state index in [1.165, 1.54) is 24.3 Å². The Bertz CT molecular complexity index is 1720. The van der Waals surface area contributed by atoms with Gasteiger partial charge in [-0.1, -0.05) is 18.2 Å². The molecule has 0 aromatic heterocycles. The van der Waals surface area contributed by atoms with Crippen LogP contribution in [0.1, 0.15) is 45.4 Å². The Balaban J connectivity index is 1.23. The molecule has 0 bridgehead atoms. The zero-order valence-corrected chi connectivity index (χ0v) is 27.4. The molecule has 0 fully saturated rings. The van der Waals surface area contributed by atoms with Gasteiger partial charge in [-0.2, -0.15) is 9.38 Å². The van der Waals surface area contributed by atoms with Gasteiger partial charge in [0.25, 0.3) is 0 Å². The molecular weight excluding hydrogens is 645 g/mol. The molecule has 0 amide bonds. The number of thiocarbonyl (C=S) groups is 1. The van der Waals surface area contributed by atoms with Crippen LogP contribution in [0.15, 0.2) is 84.4 Å². The van der Waals surface area contributed by atoms with Crippen LogP contribution in [0.25, 0.3) is 22.3 Å². The number of nitrogens with zero attached hydrogens (tertiary/aromatic N) is 1. The van der Waals surface area contributed by atoms with Gasteiger partial charge < -0.3 is 14.2 Å². The second-order valence-corrected chi connectivity index (χ2v) is 11.2. The Morgan fingerprint density at radius 3 is 1.96 bits per heavy atom. The summed E-state index contributed by atoms with van der Waals surface area (Å²) in [6, 6.07) is 15.9. The molecule has 1 atom stereocenters. The quantitative estimate of drug-likeness (QED) is 0.0345. The zero-order chi connectivity index (χ0) is 34.5. The van der Waals surface area contributed by atoms with Crippen LogP contribution in [0.5, 0.6) is 17.2 Å². The summed E-state index contributed by atoms with van der Waals surface area (Å²) in [5, 5.41) is 1.92. The standard InChI is InChI=1S/C38H36F5NO3S/c1-3-5-8-25(9-6-19-46-28-13-11-26(12-14-28)31-17-18-35(45-4-2)37(43)36(31)42)10-7-20-47-29-15-16-30(32(39)23-29)27-21-33(40)38(44-24-48)34(41)22-27/h3,11-18,21-23,25H,1,4-10,19-20H2,2H3. The van der Waals surface area contributed by atoms with Gasteiger partial charge in [0.2, 0.25) is 5.82 Å². The minimum atomic E-state index is -1.01. The van der Waals surface area contributed by atoms with E-state index in [-0.39, 0.29) is 29.0 Å². The molecule has 0 aliphatic carbocycles. The van der Waals surface area contributed by atoms with Gasteiger partial charge in [0.1, 0.15) is 23.0 Å². The topological polar surface area (TPSA) is 40.0 Å². The molecule has 252 valence electrons. The Hall–Kier alpha value is -4.53. The van der Waals surface area contributed by atoms with E-state index in [1.807, 2.05) is 11.2 Å². The number of rotatable bonds is 18. The van der Waals surface area contributed by atoms with Gasteiger partial charge in [0.15, 0.2) is 23.2 Å². The van der Waals surface area contributed by atoms with E-state index < -0.39 is 34.8 Å². The predicted octanol–water partition coefficient (Wildman–Crippen LogP) is 11.4. The maximum absolute atomic E-state index is 14.9. The molecule has 4 aromatic carbocycles. The fourth-order valence-corrected chi connectivity index (χ4v) is 5.45. The Morgan fingerprint density at radius 1 is 0.729 bits per heavy atom. The second-order valence-electron chi connectivity index (χ2n) is 11.0. The lowest BCUT2D eigenvalue weighted by molar-refractivity contribution is 0.263. The largest absolute Gasteiger partial charge is 0.494 e. The lowest BCUT2D eigenvalue weighted by atomic mass is 9.93. The van der Waals surface area contributed by atoms with Crippen LogP contribution in [0, 0.1) is 35.0 Å². The van der Waals surface area contributed by atoms with Crippen molar-refractivity contribution < 1.29 is 36.2 Å². The van der Waals surface area contributed by atoms with Crippen molar-refractivity contribution in [2.75, 3.05) is 19.8 Å². The van der Waals surface area contributed by atoms with Crippen LogP contribution in [0.4, 0.5) is 27.6 Å². The third-order valence-corrected chi connectivity index (χ3v) is 7.86. The maximum atomic E-state index is 14.9. The van der Waals surface area contributed by atoms with Gasteiger partial charge in [0.05, 0.1) is 25.0 Å². The van der Waals surface area contributed by atoms with Crippen LogP contribution < -0.4 is 14.2 Å². The van der Waals surface area contributed by atoms with E-state index in [4.69, 9.17) is 14.2 Å². The Morgan fingerprint density at radius 2 is 1.35 bits per heavy atom. The number of allylic oxidation sites excluding steroid dienone is 1. The van der Waals surface area contributed by atoms with Gasteiger partial charge in [-0.05, 0) is 123 Å². The van der Waals surface area contributed by atoms with Crippen molar-refractivity contribution in [1.82, 2.24) is 0 Å². The van der Waals surface area contributed by atoms with Crippen LogP contribution in [-0.4, -0.2) is 25.0 Å². The summed E-state index contributed by atoms with van der Waals surface area (Å²) in [4.78, 5) is 3.37. The molecule has 0 aliphatic heterocycles. The van der Waals surface area contributed by atoms with E-state index in [0.29, 0.717) is 36.2 Å². The number of hydrogen-bond donors (Lipinski definition) is 0. The number of isothiocyanates is 1. The summed E-state index contributed by atoms with van der Waals surface area (Å²) in [6.07, 6.45) is 7.11. The highest BCUT2D eigenvalue weighted by Gasteiger charge is 2.17. The summed E-state index contributed by atoms with van der Waals surface area (Å²) in [5.74, 6) is -3.33. The first kappa shape index (κ1) is 36.3. The van der Waals surface area contributed by atoms with E-state index in [9.17, 15) is 22.0 Å². The highest BCUT2D eigenvalue weighted by atomic mass is 32.1. The van der Waals surface area contributed by atoms with E-state index in [1.54, 1.807) is 37.3 Å². The SMILES string of the molecule is C=CCCC(CCCOc1ccc(-c2ccc(OCC)c(F)c2F)cc1)CCCOc1ccc(-c2cc(F)c(N=C=S)c(F)c2)c(F)c1. The first-order chi connectivity index (χ1) is 23.2. The summed E-state index contributed by atoms with van der Waals surface area (Å²) in [6.45, 7) is 6.64. The first-order valence-electron chi connectivity index (χ1n) is 15.7. The van der Waals surface area contributed by atoms with Crippen LogP contribution in [-0.2, 0) is 0 Å². The van der Waals surface area contributed by atoms with Crippen molar-refractivity contribution >= 4 is 23.1 Å². The summed E-state index contributed by atoms with van der Waals surface area (Å²) < 4.78 is 89.0. The van der Waals surface area contributed by atoms with Gasteiger partial charge in [-0.25, -0.2) is 17.6 Å². The molecule has 0 heterocycles. The van der Waals surface area contributed by atoms with Gasteiger partial charge >= 0.3 is 0 Å². The third kappa shape index (κ3) is 9.75. The highest BCUT2D eigenvalue weighted by Crippen LogP contribution is 2.33. The minimum Gasteiger partial charge on any atom is -0.494 e. The number of halogens is 5. The molecule has 0 saturated heterocycles. The molecule has 0 spiro atoms. The van der Waals surface area contributed by atoms with Crippen molar-refractivity contribution in [3.8, 4) is 39.5 Å². The molecular formula is C38H36F5NO3S. The summed E-state index contributed by atoms with van der Waals surface area (Å²) in [5.41, 5.74) is 0.156. The average Bonchev–Trinajstić information content (AvgIpc) is 3.07. The van der Waals surface area contributed by atoms with Crippen LogP contribution in [0.3, 0.4) is 0 Å². The first-order valence-corrected chi connectivity index (χ1v) is 16.1. The normalized spacial score (nSPS) is 11.5. The summed E-state index contributed by atoms with van der Waals surface area (Å²) >= 11 is 4.41. The molecule has 1 unspecified atom stereocenters. The van der Waals surface area contributed by atoms with Crippen LogP contribution >= 0.6 is 12.2 Å². The molecule has 4 aromatic rings. The molecule has 0 N–H and O–H groups in total. The number of aliphatic imine (C=N–C) groups is 1. The van der Waals surface area contributed by atoms with E-state index >= 15 is 0 Å². The van der Waals surface area contributed by atoms with E-state index in [2.05, 4.69) is 23.8 Å². The lowest BCUT2D eigenvalue weighted by Gasteiger charge is -2.17. The van der Waals surface area contributed by atoms with Crippen molar-refractivity contribution in [1.29, 1.82) is 0 Å². The molecule has 10 heteroatoms. The molecule has 4 rings (SSSR count). The van der Waals surface area contributed by atoms with Crippen molar-refractivity contribution in [2.24, 2.45) is 10.9 Å². The maximum Gasteiger partial charge on any atom is 0.201 e. The van der Waals surface area contributed by atoms with Crippen molar-refractivity contribution in [3.63, 3.8) is 0 Å². The third-order valence-electron chi connectivity index (χ3n) is 7.77. The molecule has 0 aliphatic rings.